The molecule has 204 valence electrons. The maximum Gasteiger partial charge on any atom is 0.303 e. The SMILES string of the molecule is CCCCCCCCO[C@H]1O[C@H](CO)[C@@H](OCc2ccccc2)[C@H](OCc2ccccc2)[C@@H]1OC(C)=O. The molecule has 5 atom stereocenters. The number of unbranched alkanes of at least 4 members (excludes halogenated alkanes) is 5. The maximum atomic E-state index is 12.1. The van der Waals surface area contributed by atoms with E-state index in [1.807, 2.05) is 60.7 Å². The summed E-state index contributed by atoms with van der Waals surface area (Å²) in [7, 11) is 0. The molecule has 0 bridgehead atoms. The predicted molar refractivity (Wildman–Crippen MR) is 141 cm³/mol. The molecule has 0 unspecified atom stereocenters. The van der Waals surface area contributed by atoms with Crippen molar-refractivity contribution in [3.05, 3.63) is 71.8 Å². The highest BCUT2D eigenvalue weighted by atomic mass is 16.7. The van der Waals surface area contributed by atoms with Gasteiger partial charge in [0.25, 0.3) is 0 Å². The first-order valence-corrected chi connectivity index (χ1v) is 13.5. The normalized spacial score (nSPS) is 23.6. The second-order valence-electron chi connectivity index (χ2n) is 9.46. The molecule has 1 N–H and O–H groups in total. The number of carbonyl (C=O) groups excluding carboxylic acids is 1. The largest absolute Gasteiger partial charge is 0.454 e. The molecule has 37 heavy (non-hydrogen) atoms. The van der Waals surface area contributed by atoms with E-state index in [9.17, 15) is 9.90 Å². The Kier molecular flexibility index (Phi) is 13.1. The van der Waals surface area contributed by atoms with Crippen molar-refractivity contribution in [3.63, 3.8) is 0 Å². The van der Waals surface area contributed by atoms with Crippen molar-refractivity contribution in [1.29, 1.82) is 0 Å². The summed E-state index contributed by atoms with van der Waals surface area (Å²) in [4.78, 5) is 12.1. The minimum absolute atomic E-state index is 0.283. The van der Waals surface area contributed by atoms with Crippen LogP contribution < -0.4 is 0 Å². The highest BCUT2D eigenvalue weighted by Gasteiger charge is 2.49. The molecule has 0 spiro atoms. The van der Waals surface area contributed by atoms with Gasteiger partial charge in [0.15, 0.2) is 12.4 Å². The molecule has 7 heteroatoms. The van der Waals surface area contributed by atoms with Crippen LogP contribution in [0.4, 0.5) is 0 Å². The first kappa shape index (κ1) is 29.3. The van der Waals surface area contributed by atoms with Crippen LogP contribution in [0.25, 0.3) is 0 Å². The van der Waals surface area contributed by atoms with Gasteiger partial charge in [0.1, 0.15) is 18.3 Å². The lowest BCUT2D eigenvalue weighted by Gasteiger charge is -2.45. The van der Waals surface area contributed by atoms with Gasteiger partial charge >= 0.3 is 5.97 Å². The highest BCUT2D eigenvalue weighted by molar-refractivity contribution is 5.66. The van der Waals surface area contributed by atoms with Gasteiger partial charge in [-0.1, -0.05) is 99.7 Å². The Balaban J connectivity index is 1.74. The van der Waals surface area contributed by atoms with E-state index in [2.05, 4.69) is 6.92 Å². The quantitative estimate of drug-likeness (QED) is 0.244. The van der Waals surface area contributed by atoms with Gasteiger partial charge in [0, 0.05) is 13.5 Å². The molecule has 0 saturated carbocycles. The number of aliphatic hydroxyl groups is 1. The Morgan fingerprint density at radius 3 is 1.92 bits per heavy atom. The molecule has 0 aromatic heterocycles. The molecule has 3 rings (SSSR count). The smallest absolute Gasteiger partial charge is 0.303 e. The minimum atomic E-state index is -0.867. The summed E-state index contributed by atoms with van der Waals surface area (Å²) in [5, 5.41) is 10.2. The van der Waals surface area contributed by atoms with Gasteiger partial charge in [-0.25, -0.2) is 0 Å². The highest BCUT2D eigenvalue weighted by Crippen LogP contribution is 2.30. The van der Waals surface area contributed by atoms with Gasteiger partial charge in [-0.15, -0.1) is 0 Å². The van der Waals surface area contributed by atoms with E-state index in [0.717, 1.165) is 30.4 Å². The molecule has 2 aromatic carbocycles. The second kappa shape index (κ2) is 16.5. The molecular weight excluding hydrogens is 472 g/mol. The Labute approximate surface area is 221 Å². The van der Waals surface area contributed by atoms with Crippen LogP contribution in [0.1, 0.15) is 63.5 Å². The van der Waals surface area contributed by atoms with Gasteiger partial charge in [0.2, 0.25) is 0 Å². The second-order valence-corrected chi connectivity index (χ2v) is 9.46. The molecule has 1 aliphatic rings. The van der Waals surface area contributed by atoms with E-state index in [0.29, 0.717) is 13.2 Å². The van der Waals surface area contributed by atoms with Crippen LogP contribution in [0.2, 0.25) is 0 Å². The molecule has 1 fully saturated rings. The number of aliphatic hydroxyl groups excluding tert-OH is 1. The van der Waals surface area contributed by atoms with E-state index in [-0.39, 0.29) is 13.2 Å². The van der Waals surface area contributed by atoms with Gasteiger partial charge in [-0.05, 0) is 17.5 Å². The average Bonchev–Trinajstić information content (AvgIpc) is 2.92. The number of benzene rings is 2. The Hall–Kier alpha value is -2.29. The number of esters is 1. The van der Waals surface area contributed by atoms with Gasteiger partial charge in [0.05, 0.1) is 19.8 Å². The summed E-state index contributed by atoms with van der Waals surface area (Å²) >= 11 is 0. The van der Waals surface area contributed by atoms with E-state index < -0.39 is 36.7 Å². The Morgan fingerprint density at radius 1 is 0.784 bits per heavy atom. The van der Waals surface area contributed by atoms with Crippen LogP contribution in [0.5, 0.6) is 0 Å². The van der Waals surface area contributed by atoms with Crippen LogP contribution >= 0.6 is 0 Å². The zero-order valence-corrected chi connectivity index (χ0v) is 22.1. The molecule has 7 nitrogen and oxygen atoms in total. The Bertz CT molecular complexity index is 876. The minimum Gasteiger partial charge on any atom is -0.454 e. The van der Waals surface area contributed by atoms with E-state index in [4.69, 9.17) is 23.7 Å². The van der Waals surface area contributed by atoms with Crippen molar-refractivity contribution >= 4 is 5.97 Å². The van der Waals surface area contributed by atoms with Crippen molar-refractivity contribution in [2.75, 3.05) is 13.2 Å². The molecule has 1 aliphatic heterocycles. The van der Waals surface area contributed by atoms with Crippen molar-refractivity contribution in [2.24, 2.45) is 0 Å². The number of ether oxygens (including phenoxy) is 5. The Morgan fingerprint density at radius 2 is 1.35 bits per heavy atom. The van der Waals surface area contributed by atoms with Crippen LogP contribution in [-0.4, -0.2) is 55.0 Å². The van der Waals surface area contributed by atoms with Crippen molar-refractivity contribution in [1.82, 2.24) is 0 Å². The molecule has 1 saturated heterocycles. The fourth-order valence-corrected chi connectivity index (χ4v) is 4.48. The molecular formula is C30H42O7. The lowest BCUT2D eigenvalue weighted by Crippen LogP contribution is -2.62. The number of rotatable bonds is 16. The van der Waals surface area contributed by atoms with Gasteiger partial charge < -0.3 is 28.8 Å². The van der Waals surface area contributed by atoms with E-state index >= 15 is 0 Å². The van der Waals surface area contributed by atoms with Crippen LogP contribution in [0.15, 0.2) is 60.7 Å². The van der Waals surface area contributed by atoms with Gasteiger partial charge in [-0.3, -0.25) is 4.79 Å². The van der Waals surface area contributed by atoms with E-state index in [1.54, 1.807) is 0 Å². The molecule has 2 aromatic rings. The summed E-state index contributed by atoms with van der Waals surface area (Å²) in [6, 6.07) is 19.5. The summed E-state index contributed by atoms with van der Waals surface area (Å²) < 4.78 is 30.5. The number of carbonyl (C=O) groups is 1. The molecule has 0 amide bonds. The monoisotopic (exact) mass is 514 g/mol. The lowest BCUT2D eigenvalue weighted by atomic mass is 9.98. The fourth-order valence-electron chi connectivity index (χ4n) is 4.48. The fraction of sp³-hybridized carbons (Fsp3) is 0.567. The standard InChI is InChI=1S/C30H42O7/c1-3-4-5-6-7-14-19-33-30-29(36-23(2)32)28(35-22-25-17-12-9-13-18-25)27(26(20-31)37-30)34-21-24-15-10-8-11-16-24/h8-13,15-18,26-31H,3-7,14,19-22H2,1-2H3/t26-,27-,28+,29+,30+/m1/s1. The first-order valence-electron chi connectivity index (χ1n) is 13.5. The molecule has 0 aliphatic carbocycles. The third-order valence-electron chi connectivity index (χ3n) is 6.42. The molecule has 1 heterocycles. The van der Waals surface area contributed by atoms with Crippen LogP contribution in [-0.2, 0) is 41.7 Å². The average molecular weight is 515 g/mol. The number of hydrogen-bond acceptors (Lipinski definition) is 7. The maximum absolute atomic E-state index is 12.1. The first-order chi connectivity index (χ1) is 18.1. The predicted octanol–water partition coefficient (Wildman–Crippen LogP) is 5.18. The summed E-state index contributed by atoms with van der Waals surface area (Å²) in [6.07, 6.45) is 2.98. The lowest BCUT2D eigenvalue weighted by molar-refractivity contribution is -0.319. The van der Waals surface area contributed by atoms with Gasteiger partial charge in [-0.2, -0.15) is 0 Å². The van der Waals surface area contributed by atoms with E-state index in [1.165, 1.54) is 26.2 Å². The summed E-state index contributed by atoms with van der Waals surface area (Å²) in [5.74, 6) is -0.459. The van der Waals surface area contributed by atoms with Crippen LogP contribution in [0, 0.1) is 0 Å². The zero-order valence-electron chi connectivity index (χ0n) is 22.1. The summed E-state index contributed by atoms with van der Waals surface area (Å²) in [6.45, 7) is 4.33. The van der Waals surface area contributed by atoms with Crippen molar-refractivity contribution in [3.8, 4) is 0 Å². The molecule has 0 radical (unpaired) electrons. The topological polar surface area (TPSA) is 83.5 Å². The third kappa shape index (κ3) is 9.83. The van der Waals surface area contributed by atoms with Crippen molar-refractivity contribution < 1.29 is 33.6 Å². The summed E-state index contributed by atoms with van der Waals surface area (Å²) in [5.41, 5.74) is 1.95. The zero-order chi connectivity index (χ0) is 26.3. The van der Waals surface area contributed by atoms with Crippen molar-refractivity contribution in [2.45, 2.75) is 96.3 Å². The van der Waals surface area contributed by atoms with Crippen LogP contribution in [0.3, 0.4) is 0 Å². The third-order valence-corrected chi connectivity index (χ3v) is 6.42. The number of hydrogen-bond donors (Lipinski definition) is 1.